The molecule has 2 aromatic rings. The molecule has 0 fully saturated rings. The molecule has 2 aromatic carbocycles. The van der Waals surface area contributed by atoms with Crippen LogP contribution in [0.15, 0.2) is 60.7 Å². The number of hydrogen-bond acceptors (Lipinski definition) is 4. The van der Waals surface area contributed by atoms with Gasteiger partial charge in [-0.25, -0.2) is 0 Å². The van der Waals surface area contributed by atoms with Crippen molar-refractivity contribution >= 4 is 28.9 Å². The second-order valence-corrected chi connectivity index (χ2v) is 6.47. The van der Waals surface area contributed by atoms with Gasteiger partial charge in [0.15, 0.2) is 5.11 Å². The Balaban J connectivity index is 1.94. The van der Waals surface area contributed by atoms with Crippen molar-refractivity contribution in [2.45, 2.75) is 20.3 Å². The summed E-state index contributed by atoms with van der Waals surface area (Å²) in [6.07, 6.45) is 0.902. The van der Waals surface area contributed by atoms with Gasteiger partial charge in [-0.05, 0) is 61.5 Å². The van der Waals surface area contributed by atoms with E-state index in [4.69, 9.17) is 21.7 Å². The van der Waals surface area contributed by atoms with Crippen molar-refractivity contribution in [1.82, 2.24) is 5.32 Å². The molecule has 0 aliphatic rings. The number of hydrogen-bond donors (Lipinski definition) is 2. The third-order valence-electron chi connectivity index (χ3n) is 3.37. The Morgan fingerprint density at radius 3 is 2.52 bits per heavy atom. The molecule has 2 N–H and O–H groups in total. The van der Waals surface area contributed by atoms with Gasteiger partial charge in [0.2, 0.25) is 0 Å². The van der Waals surface area contributed by atoms with Gasteiger partial charge in [0.1, 0.15) is 18.1 Å². The monoisotopic (exact) mass is 384 g/mol. The number of benzene rings is 2. The standard InChI is InChI=1S/C21H24N2O3S/c1-4-11-25-18-9-5-7-16(12-18)20(24)23-21(27)22-17-8-6-10-19(13-17)26-14-15(2)3/h5-10,12-13H,2,4,11,14H2,1,3H3,(H2,22,23,24,27). The first kappa shape index (κ1) is 20.5. The van der Waals surface area contributed by atoms with Crippen LogP contribution in [-0.4, -0.2) is 24.2 Å². The number of carbonyl (C=O) groups is 1. The van der Waals surface area contributed by atoms with Crippen molar-refractivity contribution in [2.24, 2.45) is 0 Å². The minimum absolute atomic E-state index is 0.205. The molecule has 0 atom stereocenters. The van der Waals surface area contributed by atoms with Crippen molar-refractivity contribution < 1.29 is 14.3 Å². The fraction of sp³-hybridized carbons (Fsp3) is 0.238. The van der Waals surface area contributed by atoms with Gasteiger partial charge in [-0.2, -0.15) is 0 Å². The molecule has 0 aliphatic heterocycles. The summed E-state index contributed by atoms with van der Waals surface area (Å²) >= 11 is 5.24. The summed E-state index contributed by atoms with van der Waals surface area (Å²) in [5.74, 6) is 1.05. The Hall–Kier alpha value is -2.86. The van der Waals surface area contributed by atoms with E-state index in [9.17, 15) is 4.79 Å². The summed E-state index contributed by atoms with van der Waals surface area (Å²) < 4.78 is 11.2. The summed E-state index contributed by atoms with van der Waals surface area (Å²) in [6.45, 7) is 8.78. The highest BCUT2D eigenvalue weighted by molar-refractivity contribution is 7.80. The van der Waals surface area contributed by atoms with E-state index in [0.29, 0.717) is 30.3 Å². The molecule has 0 spiro atoms. The smallest absolute Gasteiger partial charge is 0.257 e. The summed E-state index contributed by atoms with van der Waals surface area (Å²) in [5, 5.41) is 5.86. The van der Waals surface area contributed by atoms with Crippen molar-refractivity contribution in [2.75, 3.05) is 18.5 Å². The van der Waals surface area contributed by atoms with Crippen LogP contribution in [0.25, 0.3) is 0 Å². The molecule has 0 heterocycles. The molecule has 0 unspecified atom stereocenters. The Morgan fingerprint density at radius 2 is 1.81 bits per heavy atom. The molecule has 1 amide bonds. The third kappa shape index (κ3) is 7.11. The van der Waals surface area contributed by atoms with Crippen LogP contribution in [0.3, 0.4) is 0 Å². The molecule has 0 radical (unpaired) electrons. The van der Waals surface area contributed by atoms with Gasteiger partial charge in [-0.1, -0.05) is 25.6 Å². The quantitative estimate of drug-likeness (QED) is 0.516. The molecule has 2 rings (SSSR count). The molecule has 5 nitrogen and oxygen atoms in total. The highest BCUT2D eigenvalue weighted by atomic mass is 32.1. The predicted molar refractivity (Wildman–Crippen MR) is 113 cm³/mol. The first-order valence-corrected chi connectivity index (χ1v) is 9.11. The largest absolute Gasteiger partial charge is 0.494 e. The van der Waals surface area contributed by atoms with E-state index < -0.39 is 0 Å². The zero-order valence-electron chi connectivity index (χ0n) is 15.6. The molecule has 0 aliphatic carbocycles. The molecular weight excluding hydrogens is 360 g/mol. The minimum atomic E-state index is -0.302. The van der Waals surface area contributed by atoms with Crippen LogP contribution in [0.4, 0.5) is 5.69 Å². The Bertz CT molecular complexity index is 821. The highest BCUT2D eigenvalue weighted by Crippen LogP contribution is 2.18. The van der Waals surface area contributed by atoms with Crippen molar-refractivity contribution in [3.05, 3.63) is 66.2 Å². The lowest BCUT2D eigenvalue weighted by Gasteiger charge is -2.12. The molecule has 0 saturated carbocycles. The van der Waals surface area contributed by atoms with Crippen molar-refractivity contribution in [3.63, 3.8) is 0 Å². The van der Waals surface area contributed by atoms with E-state index in [-0.39, 0.29) is 11.0 Å². The zero-order chi connectivity index (χ0) is 19.6. The van der Waals surface area contributed by atoms with E-state index in [2.05, 4.69) is 17.2 Å². The van der Waals surface area contributed by atoms with Crippen LogP contribution in [0.5, 0.6) is 11.5 Å². The average molecular weight is 385 g/mol. The van der Waals surface area contributed by atoms with Gasteiger partial charge in [0.05, 0.1) is 6.61 Å². The number of amides is 1. The molecular formula is C21H24N2O3S. The SMILES string of the molecule is C=C(C)COc1cccc(NC(=S)NC(=O)c2cccc(OCCC)c2)c1. The van der Waals surface area contributed by atoms with E-state index in [0.717, 1.165) is 17.7 Å². The molecule has 6 heteroatoms. The summed E-state index contributed by atoms with van der Waals surface area (Å²) in [5.41, 5.74) is 2.13. The van der Waals surface area contributed by atoms with E-state index in [1.807, 2.05) is 38.1 Å². The second kappa shape index (κ2) is 10.3. The van der Waals surface area contributed by atoms with Crippen molar-refractivity contribution in [3.8, 4) is 11.5 Å². The van der Waals surface area contributed by atoms with E-state index >= 15 is 0 Å². The molecule has 0 aromatic heterocycles. The normalized spacial score (nSPS) is 10.0. The number of thiocarbonyl (C=S) groups is 1. The predicted octanol–water partition coefficient (Wildman–Crippen LogP) is 4.56. The highest BCUT2D eigenvalue weighted by Gasteiger charge is 2.09. The number of rotatable bonds is 8. The van der Waals surface area contributed by atoms with Gasteiger partial charge in [0, 0.05) is 17.3 Å². The first-order valence-electron chi connectivity index (χ1n) is 8.70. The van der Waals surface area contributed by atoms with Crippen LogP contribution >= 0.6 is 12.2 Å². The Morgan fingerprint density at radius 1 is 1.11 bits per heavy atom. The van der Waals surface area contributed by atoms with Gasteiger partial charge in [-0.15, -0.1) is 0 Å². The Kier molecular flexibility index (Phi) is 7.82. The van der Waals surface area contributed by atoms with Gasteiger partial charge < -0.3 is 14.8 Å². The first-order chi connectivity index (χ1) is 13.0. The fourth-order valence-corrected chi connectivity index (χ4v) is 2.37. The van der Waals surface area contributed by atoms with Crippen LogP contribution in [0, 0.1) is 0 Å². The van der Waals surface area contributed by atoms with Crippen LogP contribution in [0.1, 0.15) is 30.6 Å². The summed E-state index contributed by atoms with van der Waals surface area (Å²) in [6, 6.07) is 14.3. The summed E-state index contributed by atoms with van der Waals surface area (Å²) in [4.78, 5) is 12.4. The number of anilines is 1. The third-order valence-corrected chi connectivity index (χ3v) is 3.58. The van der Waals surface area contributed by atoms with Crippen LogP contribution < -0.4 is 20.1 Å². The average Bonchev–Trinajstić information content (AvgIpc) is 2.65. The van der Waals surface area contributed by atoms with Crippen LogP contribution in [0.2, 0.25) is 0 Å². The van der Waals surface area contributed by atoms with Gasteiger partial charge in [-0.3, -0.25) is 10.1 Å². The maximum Gasteiger partial charge on any atom is 0.257 e. The summed E-state index contributed by atoms with van der Waals surface area (Å²) in [7, 11) is 0. The number of nitrogens with one attached hydrogen (secondary N) is 2. The second-order valence-electron chi connectivity index (χ2n) is 6.06. The van der Waals surface area contributed by atoms with Crippen LogP contribution in [-0.2, 0) is 0 Å². The minimum Gasteiger partial charge on any atom is -0.494 e. The molecule has 142 valence electrons. The van der Waals surface area contributed by atoms with Gasteiger partial charge in [0.25, 0.3) is 5.91 Å². The molecule has 27 heavy (non-hydrogen) atoms. The molecule has 0 saturated heterocycles. The fourth-order valence-electron chi connectivity index (χ4n) is 2.15. The maximum absolute atomic E-state index is 12.4. The number of ether oxygens (including phenoxy) is 2. The lowest BCUT2D eigenvalue weighted by Crippen LogP contribution is -2.34. The lowest BCUT2D eigenvalue weighted by molar-refractivity contribution is 0.0977. The van der Waals surface area contributed by atoms with E-state index in [1.165, 1.54) is 0 Å². The van der Waals surface area contributed by atoms with Gasteiger partial charge >= 0.3 is 0 Å². The molecule has 0 bridgehead atoms. The van der Waals surface area contributed by atoms with E-state index in [1.54, 1.807) is 24.3 Å². The lowest BCUT2D eigenvalue weighted by atomic mass is 10.2. The number of carbonyl (C=O) groups excluding carboxylic acids is 1. The Labute approximate surface area is 165 Å². The zero-order valence-corrected chi connectivity index (χ0v) is 16.4. The van der Waals surface area contributed by atoms with Crippen molar-refractivity contribution in [1.29, 1.82) is 0 Å². The maximum atomic E-state index is 12.4. The topological polar surface area (TPSA) is 59.6 Å².